The second kappa shape index (κ2) is 5.11. The maximum Gasteiger partial charge on any atom is 0.228 e. The molecule has 0 radical (unpaired) electrons. The van der Waals surface area contributed by atoms with Gasteiger partial charge in [0.2, 0.25) is 5.91 Å². The fourth-order valence-corrected chi connectivity index (χ4v) is 2.32. The Kier molecular flexibility index (Phi) is 3.71. The number of carbonyl (C=O) groups is 1. The molecule has 3 nitrogen and oxygen atoms in total. The first-order valence-corrected chi connectivity index (χ1v) is 6.56. The first kappa shape index (κ1) is 13.1. The zero-order valence-electron chi connectivity index (χ0n) is 11.4. The smallest absolute Gasteiger partial charge is 0.228 e. The molecular formula is C15H22N2O. The highest BCUT2D eigenvalue weighted by atomic mass is 16.2. The molecule has 1 saturated heterocycles. The van der Waals surface area contributed by atoms with Gasteiger partial charge in [-0.15, -0.1) is 0 Å². The summed E-state index contributed by atoms with van der Waals surface area (Å²) in [5.74, 6) is 0.241. The maximum absolute atomic E-state index is 12.3. The quantitative estimate of drug-likeness (QED) is 0.824. The fourth-order valence-electron chi connectivity index (χ4n) is 2.32. The van der Waals surface area contributed by atoms with Gasteiger partial charge in [-0.3, -0.25) is 4.79 Å². The Labute approximate surface area is 109 Å². The third-order valence-electron chi connectivity index (χ3n) is 3.31. The van der Waals surface area contributed by atoms with Gasteiger partial charge in [0.05, 0.1) is 0 Å². The van der Waals surface area contributed by atoms with Crippen molar-refractivity contribution < 1.29 is 4.79 Å². The van der Waals surface area contributed by atoms with Crippen LogP contribution < -0.4 is 5.32 Å². The highest BCUT2D eigenvalue weighted by molar-refractivity contribution is 5.81. The Balaban J connectivity index is 2.08. The Morgan fingerprint density at radius 3 is 2.56 bits per heavy atom. The van der Waals surface area contributed by atoms with Gasteiger partial charge in [-0.1, -0.05) is 51.1 Å². The molecule has 1 fully saturated rings. The van der Waals surface area contributed by atoms with E-state index in [2.05, 4.69) is 17.4 Å². The Morgan fingerprint density at radius 2 is 1.94 bits per heavy atom. The van der Waals surface area contributed by atoms with E-state index >= 15 is 0 Å². The van der Waals surface area contributed by atoms with Gasteiger partial charge in [0.15, 0.2) is 0 Å². The number of benzene rings is 1. The lowest BCUT2D eigenvalue weighted by Gasteiger charge is -2.37. The minimum absolute atomic E-state index is 0.241. The van der Waals surface area contributed by atoms with E-state index in [1.165, 1.54) is 5.56 Å². The molecule has 3 heteroatoms. The van der Waals surface area contributed by atoms with Crippen LogP contribution in [-0.4, -0.2) is 30.4 Å². The average Bonchev–Trinajstić information content (AvgIpc) is 2.38. The summed E-state index contributed by atoms with van der Waals surface area (Å²) in [6, 6.07) is 10.6. The SMILES string of the molecule is CC(C)(C)C(=O)N1CCNC(c2ccccc2)C1. The zero-order chi connectivity index (χ0) is 13.2. The van der Waals surface area contributed by atoms with Gasteiger partial charge in [-0.2, -0.15) is 0 Å². The van der Waals surface area contributed by atoms with Crippen molar-refractivity contribution in [1.29, 1.82) is 0 Å². The van der Waals surface area contributed by atoms with Crippen LogP contribution in [0.15, 0.2) is 30.3 Å². The molecule has 1 unspecified atom stereocenters. The highest BCUT2D eigenvalue weighted by Gasteiger charge is 2.31. The van der Waals surface area contributed by atoms with Gasteiger partial charge >= 0.3 is 0 Å². The first-order chi connectivity index (χ1) is 8.48. The van der Waals surface area contributed by atoms with Crippen LogP contribution in [0.5, 0.6) is 0 Å². The summed E-state index contributed by atoms with van der Waals surface area (Å²) in [6.07, 6.45) is 0. The van der Waals surface area contributed by atoms with Crippen molar-refractivity contribution in [2.45, 2.75) is 26.8 Å². The fraction of sp³-hybridized carbons (Fsp3) is 0.533. The average molecular weight is 246 g/mol. The van der Waals surface area contributed by atoms with Crippen LogP contribution in [0.2, 0.25) is 0 Å². The van der Waals surface area contributed by atoms with Crippen molar-refractivity contribution in [3.05, 3.63) is 35.9 Å². The summed E-state index contributed by atoms with van der Waals surface area (Å²) in [7, 11) is 0. The maximum atomic E-state index is 12.3. The van der Waals surface area contributed by atoms with E-state index in [1.54, 1.807) is 0 Å². The van der Waals surface area contributed by atoms with Crippen LogP contribution in [0.1, 0.15) is 32.4 Å². The second-order valence-corrected chi connectivity index (χ2v) is 5.92. The van der Waals surface area contributed by atoms with E-state index in [-0.39, 0.29) is 17.4 Å². The van der Waals surface area contributed by atoms with Crippen molar-refractivity contribution in [2.24, 2.45) is 5.41 Å². The third-order valence-corrected chi connectivity index (χ3v) is 3.31. The Bertz CT molecular complexity index is 408. The minimum atomic E-state index is -0.293. The molecule has 1 aliphatic heterocycles. The van der Waals surface area contributed by atoms with E-state index in [0.717, 1.165) is 19.6 Å². The standard InChI is InChI=1S/C15H22N2O/c1-15(2,3)14(18)17-10-9-16-13(11-17)12-7-5-4-6-8-12/h4-8,13,16H,9-11H2,1-3H3. The van der Waals surface area contributed by atoms with Crippen molar-refractivity contribution in [3.8, 4) is 0 Å². The molecule has 1 aromatic carbocycles. The van der Waals surface area contributed by atoms with Gasteiger partial charge in [0.1, 0.15) is 0 Å². The van der Waals surface area contributed by atoms with E-state index in [4.69, 9.17) is 0 Å². The van der Waals surface area contributed by atoms with Crippen molar-refractivity contribution in [2.75, 3.05) is 19.6 Å². The molecule has 1 atom stereocenters. The monoisotopic (exact) mass is 246 g/mol. The van der Waals surface area contributed by atoms with Crippen LogP contribution >= 0.6 is 0 Å². The lowest BCUT2D eigenvalue weighted by atomic mass is 9.93. The molecule has 2 rings (SSSR count). The predicted octanol–water partition coefficient (Wildman–Crippen LogP) is 2.21. The molecule has 0 spiro atoms. The molecule has 98 valence electrons. The van der Waals surface area contributed by atoms with Crippen LogP contribution in [0.4, 0.5) is 0 Å². The van der Waals surface area contributed by atoms with Gasteiger partial charge in [-0.05, 0) is 5.56 Å². The minimum Gasteiger partial charge on any atom is -0.339 e. The summed E-state index contributed by atoms with van der Waals surface area (Å²) < 4.78 is 0. The molecule has 1 heterocycles. The van der Waals surface area contributed by atoms with Gasteiger partial charge < -0.3 is 10.2 Å². The summed E-state index contributed by atoms with van der Waals surface area (Å²) in [5, 5.41) is 3.48. The number of nitrogens with one attached hydrogen (secondary N) is 1. The molecule has 18 heavy (non-hydrogen) atoms. The summed E-state index contributed by atoms with van der Waals surface area (Å²) in [5.41, 5.74) is 0.961. The van der Waals surface area contributed by atoms with E-state index in [1.807, 2.05) is 43.9 Å². The normalized spacial score (nSPS) is 20.8. The molecule has 0 saturated carbocycles. The lowest BCUT2D eigenvalue weighted by Crippen LogP contribution is -2.51. The first-order valence-electron chi connectivity index (χ1n) is 6.56. The molecule has 0 aliphatic carbocycles. The van der Waals surface area contributed by atoms with Gasteiger partial charge in [0.25, 0.3) is 0 Å². The van der Waals surface area contributed by atoms with E-state index < -0.39 is 0 Å². The van der Waals surface area contributed by atoms with Crippen LogP contribution in [-0.2, 0) is 4.79 Å². The Morgan fingerprint density at radius 1 is 1.28 bits per heavy atom. The largest absolute Gasteiger partial charge is 0.339 e. The molecule has 1 aromatic rings. The van der Waals surface area contributed by atoms with Crippen LogP contribution in [0.3, 0.4) is 0 Å². The molecule has 1 N–H and O–H groups in total. The number of hydrogen-bond acceptors (Lipinski definition) is 2. The lowest BCUT2D eigenvalue weighted by molar-refractivity contribution is -0.140. The van der Waals surface area contributed by atoms with Crippen molar-refractivity contribution in [3.63, 3.8) is 0 Å². The third kappa shape index (κ3) is 2.91. The Hall–Kier alpha value is -1.35. The molecule has 0 aromatic heterocycles. The summed E-state index contributed by atoms with van der Waals surface area (Å²) in [6.45, 7) is 8.37. The number of nitrogens with zero attached hydrogens (tertiary/aromatic N) is 1. The van der Waals surface area contributed by atoms with E-state index in [0.29, 0.717) is 0 Å². The topological polar surface area (TPSA) is 32.3 Å². The summed E-state index contributed by atoms with van der Waals surface area (Å²) >= 11 is 0. The van der Waals surface area contributed by atoms with Gasteiger partial charge in [0, 0.05) is 31.1 Å². The second-order valence-electron chi connectivity index (χ2n) is 5.92. The molecule has 1 amide bonds. The van der Waals surface area contributed by atoms with Crippen molar-refractivity contribution >= 4 is 5.91 Å². The predicted molar refractivity (Wildman–Crippen MR) is 73.2 cm³/mol. The molecule has 0 bridgehead atoms. The number of hydrogen-bond donors (Lipinski definition) is 1. The summed E-state index contributed by atoms with van der Waals surface area (Å²) in [4.78, 5) is 14.3. The number of rotatable bonds is 1. The van der Waals surface area contributed by atoms with Crippen LogP contribution in [0.25, 0.3) is 0 Å². The number of piperazine rings is 1. The number of amides is 1. The number of carbonyl (C=O) groups excluding carboxylic acids is 1. The van der Waals surface area contributed by atoms with Crippen LogP contribution in [0, 0.1) is 5.41 Å². The van der Waals surface area contributed by atoms with Crippen molar-refractivity contribution in [1.82, 2.24) is 10.2 Å². The van der Waals surface area contributed by atoms with E-state index in [9.17, 15) is 4.79 Å². The molecular weight excluding hydrogens is 224 g/mol. The molecule has 1 aliphatic rings. The zero-order valence-corrected chi connectivity index (χ0v) is 11.4. The highest BCUT2D eigenvalue weighted by Crippen LogP contribution is 2.22. The van der Waals surface area contributed by atoms with Gasteiger partial charge in [-0.25, -0.2) is 0 Å².